The zero-order valence-electron chi connectivity index (χ0n) is 6.10. The molecule has 0 saturated carbocycles. The molecule has 0 heterocycles. The fourth-order valence-corrected chi connectivity index (χ4v) is 0.473. The largest absolute Gasteiger partial charge is 0.401 e. The Balaban J connectivity index is 4.35. The van der Waals surface area contributed by atoms with E-state index in [1.54, 1.807) is 0 Å². The average molecular weight is 175 g/mol. The van der Waals surface area contributed by atoms with Gasteiger partial charge in [-0.25, -0.2) is 8.78 Å². The predicted octanol–water partition coefficient (Wildman–Crippen LogP) is 3.19. The lowest BCUT2D eigenvalue weighted by Crippen LogP contribution is -2.34. The van der Waals surface area contributed by atoms with Crippen LogP contribution >= 0.6 is 0 Å². The van der Waals surface area contributed by atoms with Crippen molar-refractivity contribution in [2.24, 2.45) is 0 Å². The van der Waals surface area contributed by atoms with Gasteiger partial charge in [-0.2, -0.15) is 13.2 Å². The number of hydrogen-bond acceptors (Lipinski definition) is 0. The maximum absolute atomic E-state index is 12.3. The second-order valence-corrected chi connectivity index (χ2v) is 2.18. The molecule has 11 heavy (non-hydrogen) atoms. The molecular weight excluding hydrogens is 167 g/mol. The van der Waals surface area contributed by atoms with Gasteiger partial charge in [0.1, 0.15) is 5.92 Å². The molecule has 1 radical (unpaired) electrons. The Morgan fingerprint density at radius 3 is 1.55 bits per heavy atom. The van der Waals surface area contributed by atoms with Gasteiger partial charge in [0.05, 0.1) is 0 Å². The van der Waals surface area contributed by atoms with Gasteiger partial charge in [-0.15, -0.1) is 0 Å². The van der Waals surface area contributed by atoms with Gasteiger partial charge in [-0.3, -0.25) is 0 Å². The Bertz CT molecular complexity index is 125. The van der Waals surface area contributed by atoms with Crippen LogP contribution in [0.15, 0.2) is 0 Å². The van der Waals surface area contributed by atoms with Gasteiger partial charge in [0.2, 0.25) is 0 Å². The van der Waals surface area contributed by atoms with Crippen LogP contribution in [0.5, 0.6) is 0 Å². The van der Waals surface area contributed by atoms with E-state index in [0.29, 0.717) is 6.92 Å². The van der Waals surface area contributed by atoms with Gasteiger partial charge in [-0.05, 0) is 6.92 Å². The van der Waals surface area contributed by atoms with Crippen molar-refractivity contribution in [3.05, 3.63) is 5.92 Å². The van der Waals surface area contributed by atoms with Gasteiger partial charge >= 0.3 is 6.18 Å². The fraction of sp³-hybridized carbons (Fsp3) is 0.833. The quantitative estimate of drug-likeness (QED) is 0.565. The second kappa shape index (κ2) is 2.95. The highest BCUT2D eigenvalue weighted by Crippen LogP contribution is 2.41. The van der Waals surface area contributed by atoms with Crippen LogP contribution in [-0.2, 0) is 0 Å². The van der Waals surface area contributed by atoms with Crippen LogP contribution < -0.4 is 0 Å². The Morgan fingerprint density at radius 1 is 1.09 bits per heavy atom. The minimum Gasteiger partial charge on any atom is -0.206 e. The first-order chi connectivity index (χ1) is 4.72. The Labute approximate surface area is 61.4 Å². The molecule has 0 aromatic rings. The van der Waals surface area contributed by atoms with Gasteiger partial charge < -0.3 is 0 Å². The standard InChI is InChI=1S/C6H8F5/c1-3-5(7,8)4(2)6(9,10)11/h3H2,1-2H3. The summed E-state index contributed by atoms with van der Waals surface area (Å²) in [5.41, 5.74) is 0. The number of alkyl halides is 5. The lowest BCUT2D eigenvalue weighted by Gasteiger charge is -2.23. The van der Waals surface area contributed by atoms with E-state index in [1.807, 2.05) is 0 Å². The number of rotatable bonds is 2. The van der Waals surface area contributed by atoms with Crippen molar-refractivity contribution in [2.75, 3.05) is 0 Å². The third-order valence-corrected chi connectivity index (χ3v) is 1.42. The molecule has 0 bridgehead atoms. The van der Waals surface area contributed by atoms with Crippen LogP contribution in [0.2, 0.25) is 0 Å². The third-order valence-electron chi connectivity index (χ3n) is 1.42. The zero-order chi connectivity index (χ0) is 9.28. The van der Waals surface area contributed by atoms with E-state index in [2.05, 4.69) is 0 Å². The van der Waals surface area contributed by atoms with Crippen molar-refractivity contribution < 1.29 is 22.0 Å². The molecule has 0 aliphatic carbocycles. The maximum atomic E-state index is 12.3. The van der Waals surface area contributed by atoms with E-state index < -0.39 is 24.4 Å². The topological polar surface area (TPSA) is 0 Å². The van der Waals surface area contributed by atoms with Crippen molar-refractivity contribution in [2.45, 2.75) is 32.4 Å². The Kier molecular flexibility index (Phi) is 2.85. The highest BCUT2D eigenvalue weighted by molar-refractivity contribution is 5.04. The summed E-state index contributed by atoms with van der Waals surface area (Å²) < 4.78 is 59.4. The summed E-state index contributed by atoms with van der Waals surface area (Å²) in [5.74, 6) is -5.45. The second-order valence-electron chi connectivity index (χ2n) is 2.18. The summed E-state index contributed by atoms with van der Waals surface area (Å²) >= 11 is 0. The molecule has 0 fully saturated rings. The molecule has 67 valence electrons. The van der Waals surface area contributed by atoms with Crippen LogP contribution in [0.1, 0.15) is 20.3 Å². The molecule has 5 heteroatoms. The molecule has 0 N–H and O–H groups in total. The van der Waals surface area contributed by atoms with Crippen molar-refractivity contribution in [1.82, 2.24) is 0 Å². The van der Waals surface area contributed by atoms with Crippen LogP contribution in [0.25, 0.3) is 0 Å². The van der Waals surface area contributed by atoms with E-state index in [-0.39, 0.29) is 0 Å². The summed E-state index contributed by atoms with van der Waals surface area (Å²) in [7, 11) is 0. The van der Waals surface area contributed by atoms with E-state index in [1.165, 1.54) is 0 Å². The molecule has 0 aliphatic rings. The molecule has 0 unspecified atom stereocenters. The van der Waals surface area contributed by atoms with Crippen molar-refractivity contribution in [3.8, 4) is 0 Å². The van der Waals surface area contributed by atoms with Crippen LogP contribution in [0, 0.1) is 5.92 Å². The van der Waals surface area contributed by atoms with Crippen molar-refractivity contribution in [3.63, 3.8) is 0 Å². The normalized spacial score (nSPS) is 14.2. The average Bonchev–Trinajstić information content (AvgIpc) is 1.84. The minimum atomic E-state index is -4.89. The minimum absolute atomic E-state index is 0.406. The SMILES string of the molecule is CCC(F)(F)[C](C)C(F)(F)F. The zero-order valence-corrected chi connectivity index (χ0v) is 6.10. The molecular formula is C6H8F5. The summed E-state index contributed by atoms with van der Waals surface area (Å²) in [6.07, 6.45) is -5.71. The molecule has 0 aromatic carbocycles. The summed E-state index contributed by atoms with van der Waals surface area (Å²) in [4.78, 5) is 0. The van der Waals surface area contributed by atoms with Gasteiger partial charge in [0, 0.05) is 6.42 Å². The summed E-state index contributed by atoms with van der Waals surface area (Å²) in [6, 6.07) is 0. The number of halogens is 5. The highest BCUT2D eigenvalue weighted by Gasteiger charge is 2.52. The predicted molar refractivity (Wildman–Crippen MR) is 30.2 cm³/mol. The van der Waals surface area contributed by atoms with Gasteiger partial charge in [0.15, 0.2) is 0 Å². The van der Waals surface area contributed by atoms with E-state index in [4.69, 9.17) is 0 Å². The lowest BCUT2D eigenvalue weighted by atomic mass is 10.0. The first-order valence-corrected chi connectivity index (χ1v) is 3.01. The molecule has 0 rings (SSSR count). The third kappa shape index (κ3) is 2.63. The first-order valence-electron chi connectivity index (χ1n) is 3.01. The molecule has 0 aliphatic heterocycles. The number of hydrogen-bond donors (Lipinski definition) is 0. The highest BCUT2D eigenvalue weighted by atomic mass is 19.4. The van der Waals surface area contributed by atoms with Crippen molar-refractivity contribution in [1.29, 1.82) is 0 Å². The van der Waals surface area contributed by atoms with E-state index in [9.17, 15) is 22.0 Å². The smallest absolute Gasteiger partial charge is 0.206 e. The Hall–Kier alpha value is -0.350. The monoisotopic (exact) mass is 175 g/mol. The Morgan fingerprint density at radius 2 is 1.45 bits per heavy atom. The van der Waals surface area contributed by atoms with Crippen molar-refractivity contribution >= 4 is 0 Å². The maximum Gasteiger partial charge on any atom is 0.401 e. The molecule has 0 spiro atoms. The van der Waals surface area contributed by atoms with Gasteiger partial charge in [-0.1, -0.05) is 6.92 Å². The van der Waals surface area contributed by atoms with Crippen LogP contribution in [0.3, 0.4) is 0 Å². The van der Waals surface area contributed by atoms with E-state index >= 15 is 0 Å². The fourth-order valence-electron chi connectivity index (χ4n) is 0.473. The lowest BCUT2D eigenvalue weighted by molar-refractivity contribution is -0.159. The van der Waals surface area contributed by atoms with Gasteiger partial charge in [0.25, 0.3) is 5.92 Å². The molecule has 0 amide bonds. The van der Waals surface area contributed by atoms with Crippen LogP contribution in [0.4, 0.5) is 22.0 Å². The van der Waals surface area contributed by atoms with Crippen LogP contribution in [-0.4, -0.2) is 12.1 Å². The summed E-state index contributed by atoms with van der Waals surface area (Å²) in [5, 5.41) is 0. The first kappa shape index (κ1) is 10.7. The molecule has 0 aromatic heterocycles. The molecule has 0 atom stereocenters. The summed E-state index contributed by atoms with van der Waals surface area (Å²) in [6.45, 7) is 1.42. The van der Waals surface area contributed by atoms with E-state index in [0.717, 1.165) is 6.92 Å². The molecule has 0 saturated heterocycles. The molecule has 0 nitrogen and oxygen atoms in total.